The van der Waals surface area contributed by atoms with Crippen LogP contribution in [0.1, 0.15) is 56.7 Å². The highest BCUT2D eigenvalue weighted by atomic mass is 14.9. The minimum atomic E-state index is 0.224. The van der Waals surface area contributed by atoms with Crippen molar-refractivity contribution in [2.24, 2.45) is 0 Å². The zero-order valence-corrected chi connectivity index (χ0v) is 12.2. The predicted octanol–water partition coefficient (Wildman–Crippen LogP) is 4.19. The minimum Gasteiger partial charge on any atom is -0.312 e. The Morgan fingerprint density at radius 1 is 1.18 bits per heavy atom. The van der Waals surface area contributed by atoms with Gasteiger partial charge in [0.25, 0.3) is 0 Å². The summed E-state index contributed by atoms with van der Waals surface area (Å²) in [7, 11) is 0. The van der Waals surface area contributed by atoms with E-state index in [4.69, 9.17) is 0 Å². The standard InChI is InChI=1S/C16H27N/c1-12-8-7-9-15(14(12)3)13(2)10-11-17-16(4,5)6/h7-9,13,17H,10-11H2,1-6H3. The highest BCUT2D eigenvalue weighted by molar-refractivity contribution is 5.35. The van der Waals surface area contributed by atoms with Crippen molar-refractivity contribution in [3.05, 3.63) is 34.9 Å². The molecule has 1 unspecified atom stereocenters. The molecule has 0 aliphatic carbocycles. The van der Waals surface area contributed by atoms with E-state index in [9.17, 15) is 0 Å². The van der Waals surface area contributed by atoms with Crippen molar-refractivity contribution in [2.45, 2.75) is 59.4 Å². The van der Waals surface area contributed by atoms with Gasteiger partial charge in [0.2, 0.25) is 0 Å². The van der Waals surface area contributed by atoms with Gasteiger partial charge in [-0.3, -0.25) is 0 Å². The van der Waals surface area contributed by atoms with Crippen LogP contribution in [-0.2, 0) is 0 Å². The van der Waals surface area contributed by atoms with Crippen LogP contribution in [-0.4, -0.2) is 12.1 Å². The van der Waals surface area contributed by atoms with Gasteiger partial charge < -0.3 is 5.32 Å². The van der Waals surface area contributed by atoms with Crippen LogP contribution in [0.25, 0.3) is 0 Å². The van der Waals surface area contributed by atoms with Crippen LogP contribution >= 0.6 is 0 Å². The van der Waals surface area contributed by atoms with Gasteiger partial charge in [0, 0.05) is 5.54 Å². The van der Waals surface area contributed by atoms with Crippen molar-refractivity contribution in [1.29, 1.82) is 0 Å². The van der Waals surface area contributed by atoms with Gasteiger partial charge in [0.1, 0.15) is 0 Å². The maximum atomic E-state index is 3.56. The summed E-state index contributed by atoms with van der Waals surface area (Å²) in [6, 6.07) is 6.63. The first-order valence-electron chi connectivity index (χ1n) is 6.62. The monoisotopic (exact) mass is 233 g/mol. The summed E-state index contributed by atoms with van der Waals surface area (Å²) in [4.78, 5) is 0. The van der Waals surface area contributed by atoms with Gasteiger partial charge in [-0.05, 0) is 70.2 Å². The summed E-state index contributed by atoms with van der Waals surface area (Å²) in [5, 5.41) is 3.56. The third-order valence-corrected chi connectivity index (χ3v) is 3.41. The van der Waals surface area contributed by atoms with Crippen molar-refractivity contribution in [1.82, 2.24) is 5.32 Å². The van der Waals surface area contributed by atoms with Crippen LogP contribution in [0.2, 0.25) is 0 Å². The fourth-order valence-corrected chi connectivity index (χ4v) is 2.13. The lowest BCUT2D eigenvalue weighted by Gasteiger charge is -2.23. The fraction of sp³-hybridized carbons (Fsp3) is 0.625. The largest absolute Gasteiger partial charge is 0.312 e. The molecular formula is C16H27N. The first-order valence-corrected chi connectivity index (χ1v) is 6.62. The summed E-state index contributed by atoms with van der Waals surface area (Å²) < 4.78 is 0. The molecule has 0 bridgehead atoms. The summed E-state index contributed by atoms with van der Waals surface area (Å²) in [5.41, 5.74) is 4.58. The van der Waals surface area contributed by atoms with Gasteiger partial charge >= 0.3 is 0 Å². The lowest BCUT2D eigenvalue weighted by molar-refractivity contribution is 0.413. The van der Waals surface area contributed by atoms with E-state index in [1.54, 1.807) is 0 Å². The summed E-state index contributed by atoms with van der Waals surface area (Å²) >= 11 is 0. The van der Waals surface area contributed by atoms with Gasteiger partial charge in [-0.15, -0.1) is 0 Å². The number of hydrogen-bond acceptors (Lipinski definition) is 1. The molecule has 0 aromatic heterocycles. The normalized spacial score (nSPS) is 13.8. The second-order valence-electron chi connectivity index (χ2n) is 6.16. The number of aryl methyl sites for hydroxylation is 1. The Balaban J connectivity index is 2.58. The topological polar surface area (TPSA) is 12.0 Å². The molecule has 1 aromatic carbocycles. The average Bonchev–Trinajstić information content (AvgIpc) is 2.20. The number of benzene rings is 1. The smallest absolute Gasteiger partial charge is 0.00965 e. The van der Waals surface area contributed by atoms with E-state index in [1.807, 2.05) is 0 Å². The molecule has 0 aliphatic rings. The Labute approximate surface area is 107 Å². The zero-order chi connectivity index (χ0) is 13.1. The minimum absolute atomic E-state index is 0.224. The molecule has 0 fully saturated rings. The third-order valence-electron chi connectivity index (χ3n) is 3.41. The van der Waals surface area contributed by atoms with E-state index in [2.05, 4.69) is 65.1 Å². The average molecular weight is 233 g/mol. The van der Waals surface area contributed by atoms with Crippen molar-refractivity contribution >= 4 is 0 Å². The van der Waals surface area contributed by atoms with E-state index < -0.39 is 0 Å². The molecular weight excluding hydrogens is 206 g/mol. The van der Waals surface area contributed by atoms with Gasteiger partial charge in [-0.1, -0.05) is 25.1 Å². The van der Waals surface area contributed by atoms with E-state index in [0.717, 1.165) is 6.54 Å². The molecule has 0 spiro atoms. The highest BCUT2D eigenvalue weighted by Crippen LogP contribution is 2.24. The molecule has 0 saturated heterocycles. The molecule has 96 valence electrons. The molecule has 0 heterocycles. The summed E-state index contributed by atoms with van der Waals surface area (Å²) in [6.45, 7) is 14.5. The van der Waals surface area contributed by atoms with E-state index in [-0.39, 0.29) is 5.54 Å². The van der Waals surface area contributed by atoms with Crippen LogP contribution in [0.4, 0.5) is 0 Å². The Morgan fingerprint density at radius 3 is 2.41 bits per heavy atom. The van der Waals surface area contributed by atoms with Crippen molar-refractivity contribution in [3.63, 3.8) is 0 Å². The van der Waals surface area contributed by atoms with Gasteiger partial charge in [0.05, 0.1) is 0 Å². The molecule has 1 aromatic rings. The number of hydrogen-bond donors (Lipinski definition) is 1. The van der Waals surface area contributed by atoms with Crippen molar-refractivity contribution < 1.29 is 0 Å². The Bertz CT molecular complexity index is 360. The first kappa shape index (κ1) is 14.2. The third kappa shape index (κ3) is 4.51. The Hall–Kier alpha value is -0.820. The Morgan fingerprint density at radius 2 is 1.82 bits per heavy atom. The molecule has 0 aliphatic heterocycles. The fourth-order valence-electron chi connectivity index (χ4n) is 2.13. The van der Waals surface area contributed by atoms with E-state index in [0.29, 0.717) is 5.92 Å². The number of nitrogens with one attached hydrogen (secondary N) is 1. The first-order chi connectivity index (χ1) is 7.81. The van der Waals surface area contributed by atoms with Gasteiger partial charge in [-0.25, -0.2) is 0 Å². The molecule has 0 saturated carbocycles. The van der Waals surface area contributed by atoms with Crippen LogP contribution in [0, 0.1) is 13.8 Å². The maximum Gasteiger partial charge on any atom is 0.00965 e. The van der Waals surface area contributed by atoms with Crippen LogP contribution in [0.5, 0.6) is 0 Å². The summed E-state index contributed by atoms with van der Waals surface area (Å²) in [5.74, 6) is 0.629. The molecule has 1 N–H and O–H groups in total. The maximum absolute atomic E-state index is 3.56. The lowest BCUT2D eigenvalue weighted by atomic mass is 9.91. The predicted molar refractivity (Wildman–Crippen MR) is 76.7 cm³/mol. The Kier molecular flexibility index (Phi) is 4.76. The quantitative estimate of drug-likeness (QED) is 0.822. The molecule has 1 atom stereocenters. The van der Waals surface area contributed by atoms with Gasteiger partial charge in [0.15, 0.2) is 0 Å². The van der Waals surface area contributed by atoms with Crippen molar-refractivity contribution in [2.75, 3.05) is 6.54 Å². The second-order valence-corrected chi connectivity index (χ2v) is 6.16. The zero-order valence-electron chi connectivity index (χ0n) is 12.2. The number of rotatable bonds is 4. The lowest BCUT2D eigenvalue weighted by Crippen LogP contribution is -2.36. The second kappa shape index (κ2) is 5.68. The molecule has 0 radical (unpaired) electrons. The van der Waals surface area contributed by atoms with Crippen LogP contribution in [0.3, 0.4) is 0 Å². The summed E-state index contributed by atoms with van der Waals surface area (Å²) in [6.07, 6.45) is 1.20. The van der Waals surface area contributed by atoms with E-state index >= 15 is 0 Å². The molecule has 1 rings (SSSR count). The van der Waals surface area contributed by atoms with E-state index in [1.165, 1.54) is 23.1 Å². The molecule has 1 heteroatoms. The van der Waals surface area contributed by atoms with Gasteiger partial charge in [-0.2, -0.15) is 0 Å². The molecule has 17 heavy (non-hydrogen) atoms. The highest BCUT2D eigenvalue weighted by Gasteiger charge is 2.12. The van der Waals surface area contributed by atoms with Crippen molar-refractivity contribution in [3.8, 4) is 0 Å². The van der Waals surface area contributed by atoms with Crippen LogP contribution in [0.15, 0.2) is 18.2 Å². The molecule has 0 amide bonds. The SMILES string of the molecule is Cc1cccc(C(C)CCNC(C)(C)C)c1C. The molecule has 1 nitrogen and oxygen atoms in total. The van der Waals surface area contributed by atoms with Crippen LogP contribution < -0.4 is 5.32 Å².